The summed E-state index contributed by atoms with van der Waals surface area (Å²) in [7, 11) is 0. The summed E-state index contributed by atoms with van der Waals surface area (Å²) < 4.78 is 1.26. The second-order valence-corrected chi connectivity index (χ2v) is 5.67. The van der Waals surface area contributed by atoms with Crippen LogP contribution in [-0.2, 0) is 0 Å². The van der Waals surface area contributed by atoms with Crippen molar-refractivity contribution in [3.63, 3.8) is 0 Å². The molecule has 1 N–H and O–H groups in total. The highest BCUT2D eigenvalue weighted by Gasteiger charge is 2.10. The van der Waals surface area contributed by atoms with Gasteiger partial charge >= 0.3 is 5.97 Å². The molecule has 16 heavy (non-hydrogen) atoms. The summed E-state index contributed by atoms with van der Waals surface area (Å²) in [5.74, 6) is -0.948. The van der Waals surface area contributed by atoms with Gasteiger partial charge in [-0.3, -0.25) is 0 Å². The first-order valence-corrected chi connectivity index (χ1v) is 6.35. The Morgan fingerprint density at radius 1 is 1.31 bits per heavy atom. The van der Waals surface area contributed by atoms with Gasteiger partial charge in [0.2, 0.25) is 0 Å². The second kappa shape index (κ2) is 4.57. The molecular weight excluding hydrogens is 312 g/mol. The number of hydrogen-bond donors (Lipinski definition) is 1. The fourth-order valence-corrected chi connectivity index (χ4v) is 2.77. The summed E-state index contributed by atoms with van der Waals surface area (Å²) >= 11 is 10.5. The maximum absolute atomic E-state index is 11.0. The maximum Gasteiger partial charge on any atom is 0.336 e. The van der Waals surface area contributed by atoms with Crippen molar-refractivity contribution in [1.29, 1.82) is 0 Å². The number of carboxylic acid groups (broad SMARTS) is 1. The number of hydrogen-bond acceptors (Lipinski definition) is 2. The lowest BCUT2D eigenvalue weighted by Crippen LogP contribution is -1.97. The Hall–Kier alpha value is -0.840. The third-order valence-corrected chi connectivity index (χ3v) is 4.03. The molecule has 0 unspecified atom stereocenters. The van der Waals surface area contributed by atoms with Crippen LogP contribution in [-0.4, -0.2) is 11.1 Å². The predicted molar refractivity (Wildman–Crippen MR) is 69.4 cm³/mol. The van der Waals surface area contributed by atoms with Gasteiger partial charge in [-0.1, -0.05) is 17.7 Å². The highest BCUT2D eigenvalue weighted by Crippen LogP contribution is 2.32. The van der Waals surface area contributed by atoms with Gasteiger partial charge in [-0.05, 0) is 45.8 Å². The number of aromatic carboxylic acids is 1. The van der Waals surface area contributed by atoms with E-state index < -0.39 is 5.97 Å². The second-order valence-electron chi connectivity index (χ2n) is 3.10. The van der Waals surface area contributed by atoms with Gasteiger partial charge in [0.15, 0.2) is 0 Å². The molecule has 0 amide bonds. The monoisotopic (exact) mass is 316 g/mol. The quantitative estimate of drug-likeness (QED) is 0.883. The summed E-state index contributed by atoms with van der Waals surface area (Å²) in [6.07, 6.45) is 0. The molecule has 5 heteroatoms. The highest BCUT2D eigenvalue weighted by molar-refractivity contribution is 9.10. The summed E-state index contributed by atoms with van der Waals surface area (Å²) in [6.45, 7) is 0. The van der Waals surface area contributed by atoms with Crippen LogP contribution < -0.4 is 0 Å². The van der Waals surface area contributed by atoms with E-state index in [9.17, 15) is 4.79 Å². The average molecular weight is 318 g/mol. The Morgan fingerprint density at radius 2 is 2.06 bits per heavy atom. The molecular formula is C11H6BrClO2S. The van der Waals surface area contributed by atoms with Crippen LogP contribution in [0.3, 0.4) is 0 Å². The topological polar surface area (TPSA) is 37.3 Å². The highest BCUT2D eigenvalue weighted by atomic mass is 79.9. The summed E-state index contributed by atoms with van der Waals surface area (Å²) in [4.78, 5) is 11.9. The Labute approximate surface area is 110 Å². The molecule has 2 rings (SSSR count). The van der Waals surface area contributed by atoms with E-state index >= 15 is 0 Å². The number of carbonyl (C=O) groups is 1. The van der Waals surface area contributed by atoms with Gasteiger partial charge in [0.1, 0.15) is 0 Å². The third-order valence-electron chi connectivity index (χ3n) is 2.05. The fraction of sp³-hybridized carbons (Fsp3) is 0. The molecule has 1 aromatic heterocycles. The molecule has 0 saturated heterocycles. The molecule has 0 fully saturated rings. The normalized spacial score (nSPS) is 10.4. The zero-order chi connectivity index (χ0) is 11.7. The first-order valence-electron chi connectivity index (χ1n) is 4.36. The van der Waals surface area contributed by atoms with Crippen LogP contribution in [0, 0.1) is 0 Å². The van der Waals surface area contributed by atoms with E-state index in [1.807, 2.05) is 12.1 Å². The first-order chi connectivity index (χ1) is 7.58. The van der Waals surface area contributed by atoms with E-state index in [1.54, 1.807) is 18.2 Å². The molecule has 1 heterocycles. The van der Waals surface area contributed by atoms with Crippen LogP contribution >= 0.6 is 38.9 Å². The molecule has 0 radical (unpaired) electrons. The van der Waals surface area contributed by atoms with Gasteiger partial charge < -0.3 is 5.11 Å². The minimum Gasteiger partial charge on any atom is -0.478 e. The van der Waals surface area contributed by atoms with Gasteiger partial charge in [0.05, 0.1) is 9.90 Å². The molecule has 0 aliphatic carbocycles. The molecule has 0 spiro atoms. The van der Waals surface area contributed by atoms with Crippen molar-refractivity contribution in [3.8, 4) is 10.4 Å². The molecule has 0 atom stereocenters. The van der Waals surface area contributed by atoms with Gasteiger partial charge in [0, 0.05) is 9.35 Å². The minimum atomic E-state index is -0.948. The van der Waals surface area contributed by atoms with Crippen LogP contribution in [0.5, 0.6) is 0 Å². The van der Waals surface area contributed by atoms with Crippen molar-refractivity contribution in [2.24, 2.45) is 0 Å². The van der Waals surface area contributed by atoms with Crippen molar-refractivity contribution < 1.29 is 9.90 Å². The molecule has 0 bridgehead atoms. The van der Waals surface area contributed by atoms with E-state index in [0.717, 1.165) is 10.4 Å². The van der Waals surface area contributed by atoms with Gasteiger partial charge in [0.25, 0.3) is 0 Å². The molecule has 0 aliphatic rings. The lowest BCUT2D eigenvalue weighted by Gasteiger charge is -2.02. The number of halogens is 2. The Morgan fingerprint density at radius 3 is 2.62 bits per heavy atom. The standard InChI is InChI=1S/C11H6BrClO2S/c12-8-2-1-6(5-7(8)11(14)15)9-3-4-10(13)16-9/h1-5H,(H,14,15). The van der Waals surface area contributed by atoms with Crippen LogP contribution in [0.4, 0.5) is 0 Å². The van der Waals surface area contributed by atoms with Gasteiger partial charge in [-0.2, -0.15) is 0 Å². The summed E-state index contributed by atoms with van der Waals surface area (Å²) in [6, 6.07) is 8.89. The number of benzene rings is 1. The maximum atomic E-state index is 11.0. The summed E-state index contributed by atoms with van der Waals surface area (Å²) in [5, 5.41) is 8.99. The first kappa shape index (κ1) is 11.6. The van der Waals surface area contributed by atoms with Gasteiger partial charge in [-0.25, -0.2) is 4.79 Å². The molecule has 0 saturated carbocycles. The predicted octanol–water partition coefficient (Wildman–Crippen LogP) is 4.53. The summed E-state index contributed by atoms with van der Waals surface area (Å²) in [5.41, 5.74) is 1.11. The van der Waals surface area contributed by atoms with Crippen LogP contribution in [0.1, 0.15) is 10.4 Å². The number of thiophene rings is 1. The van der Waals surface area contributed by atoms with E-state index in [4.69, 9.17) is 16.7 Å². The third kappa shape index (κ3) is 2.29. The fourth-order valence-electron chi connectivity index (χ4n) is 1.31. The van der Waals surface area contributed by atoms with Crippen molar-refractivity contribution in [2.45, 2.75) is 0 Å². The average Bonchev–Trinajstić information content (AvgIpc) is 2.65. The lowest BCUT2D eigenvalue weighted by atomic mass is 10.1. The van der Waals surface area contributed by atoms with Crippen LogP contribution in [0.15, 0.2) is 34.8 Å². The van der Waals surface area contributed by atoms with Crippen LogP contribution in [0.25, 0.3) is 10.4 Å². The van der Waals surface area contributed by atoms with Crippen molar-refractivity contribution in [3.05, 3.63) is 44.7 Å². The smallest absolute Gasteiger partial charge is 0.336 e. The van der Waals surface area contributed by atoms with Crippen molar-refractivity contribution in [2.75, 3.05) is 0 Å². The Bertz CT molecular complexity index is 551. The van der Waals surface area contributed by atoms with E-state index in [0.29, 0.717) is 8.81 Å². The zero-order valence-corrected chi connectivity index (χ0v) is 11.1. The lowest BCUT2D eigenvalue weighted by molar-refractivity contribution is 0.0696. The molecule has 1 aromatic carbocycles. The zero-order valence-electron chi connectivity index (χ0n) is 7.91. The number of carboxylic acids is 1. The van der Waals surface area contributed by atoms with Crippen molar-refractivity contribution in [1.82, 2.24) is 0 Å². The largest absolute Gasteiger partial charge is 0.478 e. The minimum absolute atomic E-state index is 0.252. The number of rotatable bonds is 2. The van der Waals surface area contributed by atoms with E-state index in [-0.39, 0.29) is 5.56 Å². The van der Waals surface area contributed by atoms with Crippen molar-refractivity contribution >= 4 is 44.8 Å². The Kier molecular flexibility index (Phi) is 3.33. The molecule has 2 aromatic rings. The Balaban J connectivity index is 2.51. The van der Waals surface area contributed by atoms with Crippen LogP contribution in [0.2, 0.25) is 4.34 Å². The van der Waals surface area contributed by atoms with Gasteiger partial charge in [-0.15, -0.1) is 11.3 Å². The van der Waals surface area contributed by atoms with E-state index in [1.165, 1.54) is 11.3 Å². The molecule has 2 nitrogen and oxygen atoms in total. The molecule has 82 valence electrons. The molecule has 0 aliphatic heterocycles. The van der Waals surface area contributed by atoms with E-state index in [2.05, 4.69) is 15.9 Å². The SMILES string of the molecule is O=C(O)c1cc(-c2ccc(Cl)s2)ccc1Br.